The van der Waals surface area contributed by atoms with E-state index in [9.17, 15) is 4.39 Å². The van der Waals surface area contributed by atoms with Crippen LogP contribution in [0.25, 0.3) is 17.0 Å². The quantitative estimate of drug-likeness (QED) is 0.458. The molecule has 0 spiro atoms. The maximum atomic E-state index is 13.4. The molecule has 6 nitrogen and oxygen atoms in total. The van der Waals surface area contributed by atoms with Crippen molar-refractivity contribution in [2.75, 3.05) is 18.5 Å². The molecule has 0 atom stereocenters. The second-order valence-corrected chi connectivity index (χ2v) is 6.62. The van der Waals surface area contributed by atoms with E-state index in [1.54, 1.807) is 16.8 Å². The van der Waals surface area contributed by atoms with Crippen molar-refractivity contribution in [2.45, 2.75) is 19.9 Å². The Morgan fingerprint density at radius 3 is 2.69 bits per heavy atom. The monoisotopic (exact) mass is 391 g/mol. The molecule has 0 saturated heterocycles. The molecule has 1 N–H and O–H groups in total. The molecule has 4 aromatic rings. The zero-order chi connectivity index (χ0) is 20.1. The lowest BCUT2D eigenvalue weighted by Gasteiger charge is -2.08. The zero-order valence-corrected chi connectivity index (χ0v) is 16.2. The first-order chi connectivity index (χ1) is 14.2. The Hall–Kier alpha value is -3.32. The van der Waals surface area contributed by atoms with E-state index >= 15 is 0 Å². The number of hydrogen-bond donors (Lipinski definition) is 1. The third kappa shape index (κ3) is 4.57. The predicted octanol–water partition coefficient (Wildman–Crippen LogP) is 4.12. The number of imidazole rings is 1. The summed E-state index contributed by atoms with van der Waals surface area (Å²) in [5.74, 6) is 0.399. The lowest BCUT2D eigenvalue weighted by atomic mass is 10.1. The summed E-state index contributed by atoms with van der Waals surface area (Å²) in [4.78, 5) is 12.9. The molecule has 29 heavy (non-hydrogen) atoms. The highest BCUT2D eigenvalue weighted by Gasteiger charge is 2.09. The molecular weight excluding hydrogens is 369 g/mol. The third-order valence-corrected chi connectivity index (χ3v) is 4.64. The van der Waals surface area contributed by atoms with Crippen LogP contribution in [0, 0.1) is 5.82 Å². The molecule has 148 valence electrons. The van der Waals surface area contributed by atoms with Gasteiger partial charge in [-0.2, -0.15) is 0 Å². The number of hydrogen-bond acceptors (Lipinski definition) is 5. The Morgan fingerprint density at radius 2 is 1.86 bits per heavy atom. The predicted molar refractivity (Wildman–Crippen MR) is 110 cm³/mol. The molecule has 0 aliphatic rings. The van der Waals surface area contributed by atoms with Crippen molar-refractivity contribution in [1.82, 2.24) is 19.4 Å². The molecule has 1 aromatic carbocycles. The Balaban J connectivity index is 1.44. The molecule has 0 fully saturated rings. The van der Waals surface area contributed by atoms with E-state index in [1.165, 1.54) is 24.0 Å². The molecule has 3 aromatic heterocycles. The van der Waals surface area contributed by atoms with Gasteiger partial charge in [0.2, 0.25) is 0 Å². The van der Waals surface area contributed by atoms with Gasteiger partial charge >= 0.3 is 0 Å². The Morgan fingerprint density at radius 1 is 1.03 bits per heavy atom. The third-order valence-electron chi connectivity index (χ3n) is 4.64. The second kappa shape index (κ2) is 8.79. The average Bonchev–Trinajstić information content (AvgIpc) is 3.16. The van der Waals surface area contributed by atoms with Crippen LogP contribution in [0.2, 0.25) is 0 Å². The van der Waals surface area contributed by atoms with Crippen LogP contribution in [0.4, 0.5) is 10.2 Å². The Labute approximate surface area is 168 Å². The zero-order valence-electron chi connectivity index (χ0n) is 16.2. The number of halogens is 1. The largest absolute Gasteiger partial charge is 0.381 e. The molecule has 0 unspecified atom stereocenters. The lowest BCUT2D eigenvalue weighted by Crippen LogP contribution is -2.03. The van der Waals surface area contributed by atoms with Gasteiger partial charge in [0, 0.05) is 31.5 Å². The number of rotatable bonds is 8. The molecule has 0 amide bonds. The maximum Gasteiger partial charge on any atom is 0.140 e. The topological polar surface area (TPSA) is 64.3 Å². The molecule has 0 radical (unpaired) electrons. The van der Waals surface area contributed by atoms with E-state index in [0.717, 1.165) is 30.9 Å². The average molecular weight is 391 g/mol. The van der Waals surface area contributed by atoms with Gasteiger partial charge in [0.1, 0.15) is 23.6 Å². The normalized spacial score (nSPS) is 11.1. The molecule has 4 rings (SSSR count). The highest BCUT2D eigenvalue weighted by Crippen LogP contribution is 2.21. The minimum atomic E-state index is -0.316. The summed E-state index contributed by atoms with van der Waals surface area (Å²) in [5.41, 5.74) is 4.46. The summed E-state index contributed by atoms with van der Waals surface area (Å²) in [6, 6.07) is 13.1. The molecule has 7 heteroatoms. The van der Waals surface area contributed by atoms with Crippen LogP contribution >= 0.6 is 0 Å². The fourth-order valence-electron chi connectivity index (χ4n) is 3.09. The van der Waals surface area contributed by atoms with Gasteiger partial charge in [-0.25, -0.2) is 19.3 Å². The van der Waals surface area contributed by atoms with E-state index < -0.39 is 0 Å². The number of fused-ring (bicyclic) bond motifs is 1. The highest BCUT2D eigenvalue weighted by atomic mass is 19.1. The Bertz CT molecular complexity index is 1090. The number of nitrogens with zero attached hydrogens (tertiary/aromatic N) is 4. The summed E-state index contributed by atoms with van der Waals surface area (Å²) in [7, 11) is 0. The molecule has 0 bridgehead atoms. The number of nitrogens with one attached hydrogen (secondary N) is 1. The van der Waals surface area contributed by atoms with E-state index in [0.29, 0.717) is 23.7 Å². The van der Waals surface area contributed by atoms with Crippen LogP contribution in [0.15, 0.2) is 61.2 Å². The van der Waals surface area contributed by atoms with Gasteiger partial charge in [-0.3, -0.25) is 4.40 Å². The van der Waals surface area contributed by atoms with Crippen molar-refractivity contribution < 1.29 is 9.13 Å². The number of benzene rings is 1. The van der Waals surface area contributed by atoms with Gasteiger partial charge in [-0.15, -0.1) is 0 Å². The summed E-state index contributed by atoms with van der Waals surface area (Å²) >= 11 is 0. The van der Waals surface area contributed by atoms with Crippen molar-refractivity contribution >= 4 is 11.5 Å². The fourth-order valence-corrected chi connectivity index (χ4v) is 3.09. The summed E-state index contributed by atoms with van der Waals surface area (Å²) in [6.07, 6.45) is 5.76. The van der Waals surface area contributed by atoms with Crippen molar-refractivity contribution in [1.29, 1.82) is 0 Å². The minimum absolute atomic E-state index is 0.316. The van der Waals surface area contributed by atoms with Crippen LogP contribution in [-0.2, 0) is 17.7 Å². The van der Waals surface area contributed by atoms with Crippen molar-refractivity contribution in [3.05, 3.63) is 78.1 Å². The number of pyridine rings is 1. The lowest BCUT2D eigenvalue weighted by molar-refractivity contribution is 0.151. The van der Waals surface area contributed by atoms with Crippen molar-refractivity contribution in [3.63, 3.8) is 0 Å². The standard InChI is InChI=1S/C22H22FN5O/c1-2-29-10-8-16-3-5-17(6-4-16)13-24-21-12-19(26-15-27-21)20-14-25-22-11-18(23)7-9-28(20)22/h3-7,9,11-12,14-15H,2,8,10,13H2,1H3,(H,24,26,27). The van der Waals surface area contributed by atoms with Gasteiger partial charge < -0.3 is 10.1 Å². The Kier molecular flexibility index (Phi) is 5.76. The molecule has 3 heterocycles. The van der Waals surface area contributed by atoms with Gasteiger partial charge in [-0.05, 0) is 30.5 Å². The second-order valence-electron chi connectivity index (χ2n) is 6.62. The summed E-state index contributed by atoms with van der Waals surface area (Å²) < 4.78 is 20.6. The van der Waals surface area contributed by atoms with Crippen molar-refractivity contribution in [2.24, 2.45) is 0 Å². The van der Waals surface area contributed by atoms with Crippen LogP contribution in [0.5, 0.6) is 0 Å². The number of ether oxygens (including phenoxy) is 1. The molecular formula is C22H22FN5O. The molecule has 0 aliphatic carbocycles. The van der Waals surface area contributed by atoms with Gasteiger partial charge in [0.15, 0.2) is 0 Å². The smallest absolute Gasteiger partial charge is 0.140 e. The number of aromatic nitrogens is 4. The molecule has 0 saturated carbocycles. The number of anilines is 1. The van der Waals surface area contributed by atoms with Gasteiger partial charge in [0.25, 0.3) is 0 Å². The molecule has 0 aliphatic heterocycles. The highest BCUT2D eigenvalue weighted by molar-refractivity contribution is 5.62. The summed E-state index contributed by atoms with van der Waals surface area (Å²) in [5, 5.41) is 3.33. The van der Waals surface area contributed by atoms with E-state index in [-0.39, 0.29) is 5.82 Å². The first kappa shape index (κ1) is 19.0. The van der Waals surface area contributed by atoms with E-state index in [1.807, 2.05) is 13.0 Å². The van der Waals surface area contributed by atoms with Gasteiger partial charge in [-0.1, -0.05) is 24.3 Å². The van der Waals surface area contributed by atoms with Crippen LogP contribution in [0.1, 0.15) is 18.1 Å². The van der Waals surface area contributed by atoms with Crippen molar-refractivity contribution in [3.8, 4) is 11.4 Å². The van der Waals surface area contributed by atoms with Crippen LogP contribution in [0.3, 0.4) is 0 Å². The van der Waals surface area contributed by atoms with E-state index in [4.69, 9.17) is 4.74 Å². The fraction of sp³-hybridized carbons (Fsp3) is 0.227. The summed E-state index contributed by atoms with van der Waals surface area (Å²) in [6.45, 7) is 4.14. The first-order valence-corrected chi connectivity index (χ1v) is 9.57. The maximum absolute atomic E-state index is 13.4. The minimum Gasteiger partial charge on any atom is -0.381 e. The SMILES string of the molecule is CCOCCc1ccc(CNc2cc(-c3cnc4cc(F)ccn34)ncn2)cc1. The van der Waals surface area contributed by atoms with E-state index in [2.05, 4.69) is 44.5 Å². The van der Waals surface area contributed by atoms with Crippen LogP contribution < -0.4 is 5.32 Å². The first-order valence-electron chi connectivity index (χ1n) is 9.57. The van der Waals surface area contributed by atoms with Crippen LogP contribution in [-0.4, -0.2) is 32.6 Å². The van der Waals surface area contributed by atoms with Gasteiger partial charge in [0.05, 0.1) is 24.2 Å².